The van der Waals surface area contributed by atoms with Gasteiger partial charge < -0.3 is 10.2 Å². The van der Waals surface area contributed by atoms with Crippen LogP contribution in [-0.4, -0.2) is 43.8 Å². The number of rotatable bonds is 12. The number of hydrogen-bond acceptors (Lipinski definition) is 4. The first kappa shape index (κ1) is 29.8. The summed E-state index contributed by atoms with van der Waals surface area (Å²) in [4.78, 5) is 28.3. The third-order valence-corrected chi connectivity index (χ3v) is 8.49. The van der Waals surface area contributed by atoms with Crippen LogP contribution in [0.2, 0.25) is 0 Å². The first-order chi connectivity index (χ1) is 18.6. The third kappa shape index (κ3) is 7.23. The largest absolute Gasteiger partial charge is 0.352 e. The van der Waals surface area contributed by atoms with Gasteiger partial charge in [0.15, 0.2) is 0 Å². The molecule has 208 valence electrons. The highest BCUT2D eigenvalue weighted by molar-refractivity contribution is 7.92. The maximum Gasteiger partial charge on any atom is 0.264 e. The number of benzene rings is 3. The standard InChI is InChI=1S/C30H36FN3O4S/c1-5-22(3)32-30(36)23(4)33(20-25-15-10-12-18-27(25)31)29(35)21-34(28-19-13-11-14-24(28)6-2)39(37,38)26-16-8-7-9-17-26/h7-19,22-23H,5-6,20-21H2,1-4H3,(H,32,36)/t22-,23+/m1/s1. The smallest absolute Gasteiger partial charge is 0.264 e. The van der Waals surface area contributed by atoms with Crippen molar-refractivity contribution in [3.8, 4) is 0 Å². The average molecular weight is 554 g/mol. The molecule has 1 N–H and O–H groups in total. The second-order valence-electron chi connectivity index (χ2n) is 9.41. The summed E-state index contributed by atoms with van der Waals surface area (Å²) in [5.41, 5.74) is 1.34. The molecule has 0 bridgehead atoms. The molecule has 9 heteroatoms. The summed E-state index contributed by atoms with van der Waals surface area (Å²) in [6.45, 7) is 6.48. The third-order valence-electron chi connectivity index (χ3n) is 6.72. The number of hydrogen-bond donors (Lipinski definition) is 1. The average Bonchev–Trinajstić information content (AvgIpc) is 2.95. The van der Waals surface area contributed by atoms with E-state index in [1.54, 1.807) is 55.5 Å². The van der Waals surface area contributed by atoms with Crippen molar-refractivity contribution >= 4 is 27.5 Å². The fourth-order valence-electron chi connectivity index (χ4n) is 4.14. The van der Waals surface area contributed by atoms with Gasteiger partial charge in [0.25, 0.3) is 10.0 Å². The predicted molar refractivity (Wildman–Crippen MR) is 151 cm³/mol. The number of sulfonamides is 1. The van der Waals surface area contributed by atoms with E-state index in [-0.39, 0.29) is 23.0 Å². The first-order valence-electron chi connectivity index (χ1n) is 13.1. The van der Waals surface area contributed by atoms with E-state index < -0.39 is 40.2 Å². The van der Waals surface area contributed by atoms with Gasteiger partial charge in [-0.25, -0.2) is 12.8 Å². The van der Waals surface area contributed by atoms with Crippen molar-refractivity contribution in [1.82, 2.24) is 10.2 Å². The quantitative estimate of drug-likeness (QED) is 0.345. The molecule has 2 amide bonds. The first-order valence-corrected chi connectivity index (χ1v) is 14.5. The van der Waals surface area contributed by atoms with E-state index in [1.807, 2.05) is 32.9 Å². The molecule has 0 fully saturated rings. The van der Waals surface area contributed by atoms with Gasteiger partial charge in [-0.3, -0.25) is 13.9 Å². The molecule has 0 heterocycles. The zero-order valence-electron chi connectivity index (χ0n) is 22.8. The van der Waals surface area contributed by atoms with Gasteiger partial charge in [-0.05, 0) is 56.5 Å². The number of nitrogens with zero attached hydrogens (tertiary/aromatic N) is 2. The molecule has 2 atom stereocenters. The van der Waals surface area contributed by atoms with Crippen LogP contribution in [0.5, 0.6) is 0 Å². The van der Waals surface area contributed by atoms with E-state index in [0.717, 1.165) is 9.87 Å². The van der Waals surface area contributed by atoms with E-state index in [1.165, 1.54) is 23.1 Å². The number of carbonyl (C=O) groups is 2. The number of anilines is 1. The van der Waals surface area contributed by atoms with E-state index >= 15 is 0 Å². The maximum absolute atomic E-state index is 14.6. The van der Waals surface area contributed by atoms with E-state index in [2.05, 4.69) is 5.32 Å². The summed E-state index contributed by atoms with van der Waals surface area (Å²) in [5, 5.41) is 2.87. The summed E-state index contributed by atoms with van der Waals surface area (Å²) >= 11 is 0. The molecule has 0 saturated heterocycles. The van der Waals surface area contributed by atoms with Crippen LogP contribution in [-0.2, 0) is 32.6 Å². The highest BCUT2D eigenvalue weighted by atomic mass is 32.2. The van der Waals surface area contributed by atoms with Crippen molar-refractivity contribution < 1.29 is 22.4 Å². The Morgan fingerprint density at radius 3 is 2.08 bits per heavy atom. The fraction of sp³-hybridized carbons (Fsp3) is 0.333. The number of halogens is 1. The second-order valence-corrected chi connectivity index (χ2v) is 11.3. The molecule has 0 unspecified atom stereocenters. The van der Waals surface area contributed by atoms with E-state index in [0.29, 0.717) is 18.5 Å². The van der Waals surface area contributed by atoms with Gasteiger partial charge >= 0.3 is 0 Å². The molecule has 3 aromatic rings. The van der Waals surface area contributed by atoms with Crippen LogP contribution >= 0.6 is 0 Å². The summed E-state index contributed by atoms with van der Waals surface area (Å²) in [6.07, 6.45) is 1.23. The van der Waals surface area contributed by atoms with Crippen molar-refractivity contribution in [2.24, 2.45) is 0 Å². The van der Waals surface area contributed by atoms with Gasteiger partial charge in [0, 0.05) is 18.2 Å². The van der Waals surface area contributed by atoms with Crippen LogP contribution in [0.25, 0.3) is 0 Å². The Kier molecular flexibility index (Phi) is 10.2. The van der Waals surface area contributed by atoms with Crippen molar-refractivity contribution in [3.05, 3.63) is 95.8 Å². The minimum absolute atomic E-state index is 0.0342. The minimum Gasteiger partial charge on any atom is -0.352 e. The molecule has 3 rings (SSSR count). The SMILES string of the molecule is CCc1ccccc1N(CC(=O)N(Cc1ccccc1F)[C@@H](C)C(=O)N[C@H](C)CC)S(=O)(=O)c1ccccc1. The minimum atomic E-state index is -4.15. The lowest BCUT2D eigenvalue weighted by Crippen LogP contribution is -2.52. The molecule has 0 saturated carbocycles. The van der Waals surface area contributed by atoms with Gasteiger partial charge in [0.2, 0.25) is 11.8 Å². The monoisotopic (exact) mass is 553 g/mol. The van der Waals surface area contributed by atoms with Crippen LogP contribution in [0.4, 0.5) is 10.1 Å². The summed E-state index contributed by atoms with van der Waals surface area (Å²) in [5.74, 6) is -1.55. The van der Waals surface area contributed by atoms with Gasteiger partial charge in [0.1, 0.15) is 18.4 Å². The highest BCUT2D eigenvalue weighted by Gasteiger charge is 2.33. The normalized spacial score (nSPS) is 12.8. The Bertz CT molecular complexity index is 1380. The topological polar surface area (TPSA) is 86.8 Å². The highest BCUT2D eigenvalue weighted by Crippen LogP contribution is 2.28. The number of carbonyl (C=O) groups excluding carboxylic acids is 2. The maximum atomic E-state index is 14.6. The lowest BCUT2D eigenvalue weighted by molar-refractivity contribution is -0.139. The molecule has 3 aromatic carbocycles. The molecule has 0 aromatic heterocycles. The summed E-state index contributed by atoms with van der Waals surface area (Å²) in [6, 6.07) is 19.8. The van der Waals surface area contributed by atoms with Gasteiger partial charge in [-0.1, -0.05) is 68.4 Å². The van der Waals surface area contributed by atoms with Crippen LogP contribution in [0, 0.1) is 5.82 Å². The van der Waals surface area contributed by atoms with Gasteiger partial charge in [-0.2, -0.15) is 0 Å². The van der Waals surface area contributed by atoms with Crippen molar-refractivity contribution in [1.29, 1.82) is 0 Å². The second kappa shape index (κ2) is 13.4. The molecule has 39 heavy (non-hydrogen) atoms. The van der Waals surface area contributed by atoms with E-state index in [4.69, 9.17) is 0 Å². The summed E-state index contributed by atoms with van der Waals surface area (Å²) in [7, 11) is -4.15. The zero-order valence-corrected chi connectivity index (χ0v) is 23.6. The Hall–Kier alpha value is -3.72. The Labute approximate surface area is 230 Å². The zero-order chi connectivity index (χ0) is 28.6. The Morgan fingerprint density at radius 1 is 0.872 bits per heavy atom. The molecule has 0 spiro atoms. The van der Waals surface area contributed by atoms with Crippen LogP contribution in [0.3, 0.4) is 0 Å². The van der Waals surface area contributed by atoms with Crippen molar-refractivity contribution in [2.45, 2.75) is 64.1 Å². The molecule has 0 radical (unpaired) electrons. The number of amides is 2. The lowest BCUT2D eigenvalue weighted by atomic mass is 10.1. The molecule has 7 nitrogen and oxygen atoms in total. The number of aryl methyl sites for hydroxylation is 1. The molecular weight excluding hydrogens is 517 g/mol. The number of nitrogens with one attached hydrogen (secondary N) is 1. The number of para-hydroxylation sites is 1. The lowest BCUT2D eigenvalue weighted by Gasteiger charge is -2.33. The van der Waals surface area contributed by atoms with Gasteiger partial charge in [0.05, 0.1) is 10.6 Å². The molecule has 0 aliphatic heterocycles. The molecular formula is C30H36FN3O4S. The van der Waals surface area contributed by atoms with Crippen LogP contribution in [0.15, 0.2) is 83.8 Å². The predicted octanol–water partition coefficient (Wildman–Crippen LogP) is 4.92. The molecule has 0 aliphatic rings. The summed E-state index contributed by atoms with van der Waals surface area (Å²) < 4.78 is 43.5. The van der Waals surface area contributed by atoms with E-state index in [9.17, 15) is 22.4 Å². The van der Waals surface area contributed by atoms with Crippen LogP contribution < -0.4 is 9.62 Å². The van der Waals surface area contributed by atoms with Gasteiger partial charge in [-0.15, -0.1) is 0 Å². The Morgan fingerprint density at radius 2 is 1.46 bits per heavy atom. The van der Waals surface area contributed by atoms with Crippen LogP contribution in [0.1, 0.15) is 45.2 Å². The van der Waals surface area contributed by atoms with Crippen molar-refractivity contribution in [2.75, 3.05) is 10.8 Å². The Balaban J connectivity index is 2.06. The van der Waals surface area contributed by atoms with Crippen molar-refractivity contribution in [3.63, 3.8) is 0 Å². The molecule has 0 aliphatic carbocycles. The fourth-order valence-corrected chi connectivity index (χ4v) is 5.62.